The molecular weight excluding hydrogens is 302 g/mol. The van der Waals surface area contributed by atoms with Gasteiger partial charge in [-0.05, 0) is 18.2 Å². The maximum absolute atomic E-state index is 4.74. The van der Waals surface area contributed by atoms with Gasteiger partial charge in [-0.2, -0.15) is 0 Å². The zero-order valence-corrected chi connectivity index (χ0v) is 13.0. The molecule has 0 aliphatic heterocycles. The van der Waals surface area contributed by atoms with Crippen LogP contribution >= 0.6 is 23.7 Å². The fourth-order valence-electron chi connectivity index (χ4n) is 2.40. The molecule has 2 aromatic carbocycles. The topological polar surface area (TPSA) is 29.3 Å². The molecule has 3 nitrogen and oxygen atoms in total. The van der Waals surface area contributed by atoms with Crippen LogP contribution in [0.4, 0.5) is 5.69 Å². The van der Waals surface area contributed by atoms with Crippen LogP contribution in [0.1, 0.15) is 0 Å². The first-order chi connectivity index (χ1) is 9.85. The highest BCUT2D eigenvalue weighted by atomic mass is 35.5. The van der Waals surface area contributed by atoms with Crippen molar-refractivity contribution in [3.63, 3.8) is 0 Å². The van der Waals surface area contributed by atoms with E-state index in [2.05, 4.69) is 46.2 Å². The predicted octanol–water partition coefficient (Wildman–Crippen LogP) is 4.68. The van der Waals surface area contributed by atoms with Crippen LogP contribution in [0, 0.1) is 0 Å². The average Bonchev–Trinajstić information content (AvgIpc) is 3.05. The lowest BCUT2D eigenvalue weighted by Gasteiger charge is -1.98. The molecule has 0 fully saturated rings. The van der Waals surface area contributed by atoms with E-state index in [1.807, 2.05) is 25.2 Å². The summed E-state index contributed by atoms with van der Waals surface area (Å²) in [6.45, 7) is 0. The number of halogens is 1. The molecule has 4 rings (SSSR count). The van der Waals surface area contributed by atoms with E-state index in [0.29, 0.717) is 0 Å². The van der Waals surface area contributed by atoms with Gasteiger partial charge in [0, 0.05) is 24.5 Å². The number of hydrogen-bond donors (Lipinski definition) is 1. The summed E-state index contributed by atoms with van der Waals surface area (Å²) < 4.78 is 3.42. The first-order valence-electron chi connectivity index (χ1n) is 6.50. The molecule has 4 aromatic rings. The Morgan fingerprint density at radius 2 is 1.90 bits per heavy atom. The highest BCUT2D eigenvalue weighted by molar-refractivity contribution is 7.23. The van der Waals surface area contributed by atoms with Gasteiger partial charge in [0.15, 0.2) is 4.96 Å². The molecule has 0 bridgehead atoms. The zero-order valence-electron chi connectivity index (χ0n) is 11.4. The monoisotopic (exact) mass is 315 g/mol. The van der Waals surface area contributed by atoms with Gasteiger partial charge in [0.2, 0.25) is 0 Å². The second kappa shape index (κ2) is 5.39. The van der Waals surface area contributed by atoms with E-state index in [9.17, 15) is 0 Å². The third-order valence-corrected chi connectivity index (χ3v) is 4.47. The summed E-state index contributed by atoms with van der Waals surface area (Å²) in [5.41, 5.74) is 4.52. The molecule has 0 spiro atoms. The Kier molecular flexibility index (Phi) is 3.57. The molecule has 1 N–H and O–H groups in total. The van der Waals surface area contributed by atoms with Crippen LogP contribution in [0.3, 0.4) is 0 Å². The van der Waals surface area contributed by atoms with Gasteiger partial charge in [-0.1, -0.05) is 41.7 Å². The highest BCUT2D eigenvalue weighted by Crippen LogP contribution is 2.30. The van der Waals surface area contributed by atoms with E-state index in [4.69, 9.17) is 4.98 Å². The van der Waals surface area contributed by atoms with Crippen molar-refractivity contribution in [2.45, 2.75) is 0 Å². The van der Waals surface area contributed by atoms with E-state index < -0.39 is 0 Å². The standard InChI is InChI=1S/C16H13N3S.ClH/c1-17-12-7-8-14-15(9-12)20-16-18-13(10-19(14)16)11-5-3-2-4-6-11;/h2-10,17H,1H3;1H. The third kappa shape index (κ3) is 2.26. The number of aromatic nitrogens is 2. The average molecular weight is 316 g/mol. The minimum atomic E-state index is 0. The summed E-state index contributed by atoms with van der Waals surface area (Å²) in [5, 5.41) is 3.17. The van der Waals surface area contributed by atoms with E-state index in [1.165, 1.54) is 10.2 Å². The summed E-state index contributed by atoms with van der Waals surface area (Å²) in [5.74, 6) is 0. The van der Waals surface area contributed by atoms with Gasteiger partial charge < -0.3 is 5.32 Å². The van der Waals surface area contributed by atoms with Gasteiger partial charge in [0.05, 0.1) is 15.9 Å². The Balaban J connectivity index is 0.00000132. The zero-order chi connectivity index (χ0) is 13.5. The molecular formula is C16H14ClN3S. The second-order valence-electron chi connectivity index (χ2n) is 4.68. The van der Waals surface area contributed by atoms with Crippen LogP contribution < -0.4 is 5.32 Å². The summed E-state index contributed by atoms with van der Waals surface area (Å²) in [6.07, 6.45) is 2.11. The van der Waals surface area contributed by atoms with Gasteiger partial charge in [-0.25, -0.2) is 4.98 Å². The molecule has 2 heterocycles. The van der Waals surface area contributed by atoms with Gasteiger partial charge in [0.1, 0.15) is 0 Å². The Bertz CT molecular complexity index is 896. The molecule has 0 amide bonds. The van der Waals surface area contributed by atoms with Crippen LogP contribution in [0.15, 0.2) is 54.7 Å². The number of anilines is 1. The van der Waals surface area contributed by atoms with Crippen molar-refractivity contribution < 1.29 is 0 Å². The van der Waals surface area contributed by atoms with Crippen molar-refractivity contribution in [2.75, 3.05) is 12.4 Å². The summed E-state index contributed by atoms with van der Waals surface area (Å²) in [4.78, 5) is 5.77. The lowest BCUT2D eigenvalue weighted by molar-refractivity contribution is 1.30. The quantitative estimate of drug-likeness (QED) is 0.582. The molecule has 0 aliphatic carbocycles. The predicted molar refractivity (Wildman–Crippen MR) is 92.8 cm³/mol. The van der Waals surface area contributed by atoms with Crippen molar-refractivity contribution in [1.82, 2.24) is 9.38 Å². The molecule has 0 unspecified atom stereocenters. The van der Waals surface area contributed by atoms with Gasteiger partial charge in [-0.3, -0.25) is 4.40 Å². The lowest BCUT2D eigenvalue weighted by atomic mass is 10.2. The summed E-state index contributed by atoms with van der Waals surface area (Å²) in [6, 6.07) is 16.7. The molecule has 0 atom stereocenters. The number of fused-ring (bicyclic) bond motifs is 3. The highest BCUT2D eigenvalue weighted by Gasteiger charge is 2.10. The maximum Gasteiger partial charge on any atom is 0.195 e. The third-order valence-electron chi connectivity index (χ3n) is 3.45. The van der Waals surface area contributed by atoms with Gasteiger partial charge in [0.25, 0.3) is 0 Å². The summed E-state index contributed by atoms with van der Waals surface area (Å²) in [7, 11) is 1.94. The number of imidazole rings is 1. The molecule has 0 saturated carbocycles. The van der Waals surface area contributed by atoms with Crippen LogP contribution in [-0.2, 0) is 0 Å². The normalized spacial score (nSPS) is 10.7. The Labute approximate surface area is 132 Å². The van der Waals surface area contributed by atoms with E-state index in [1.54, 1.807) is 11.3 Å². The molecule has 2 aromatic heterocycles. The second-order valence-corrected chi connectivity index (χ2v) is 5.69. The van der Waals surface area contributed by atoms with E-state index in [-0.39, 0.29) is 12.4 Å². The SMILES string of the molecule is CNc1ccc2c(c1)sc1nc(-c3ccccc3)cn12.Cl. The first kappa shape index (κ1) is 13.9. The van der Waals surface area contributed by atoms with E-state index in [0.717, 1.165) is 21.9 Å². The number of rotatable bonds is 2. The fourth-order valence-corrected chi connectivity index (χ4v) is 3.45. The lowest BCUT2D eigenvalue weighted by Crippen LogP contribution is -1.86. The molecule has 0 aliphatic rings. The number of thiazole rings is 1. The smallest absolute Gasteiger partial charge is 0.195 e. The van der Waals surface area contributed by atoms with Crippen LogP contribution in [-0.4, -0.2) is 16.4 Å². The van der Waals surface area contributed by atoms with Crippen molar-refractivity contribution >= 4 is 44.6 Å². The summed E-state index contributed by atoms with van der Waals surface area (Å²) >= 11 is 1.72. The minimum Gasteiger partial charge on any atom is -0.388 e. The molecule has 106 valence electrons. The number of benzene rings is 2. The van der Waals surface area contributed by atoms with Crippen molar-refractivity contribution in [1.29, 1.82) is 0 Å². The van der Waals surface area contributed by atoms with Gasteiger partial charge in [-0.15, -0.1) is 12.4 Å². The van der Waals surface area contributed by atoms with Crippen LogP contribution in [0.5, 0.6) is 0 Å². The van der Waals surface area contributed by atoms with Crippen LogP contribution in [0.2, 0.25) is 0 Å². The van der Waals surface area contributed by atoms with Crippen molar-refractivity contribution in [3.05, 3.63) is 54.7 Å². The Morgan fingerprint density at radius 1 is 1.10 bits per heavy atom. The number of nitrogens with one attached hydrogen (secondary N) is 1. The first-order valence-corrected chi connectivity index (χ1v) is 7.31. The Hall–Kier alpha value is -2.04. The van der Waals surface area contributed by atoms with Crippen LogP contribution in [0.25, 0.3) is 26.4 Å². The maximum atomic E-state index is 4.74. The molecule has 21 heavy (non-hydrogen) atoms. The molecule has 0 saturated heterocycles. The van der Waals surface area contributed by atoms with Crippen molar-refractivity contribution in [2.24, 2.45) is 0 Å². The van der Waals surface area contributed by atoms with Gasteiger partial charge >= 0.3 is 0 Å². The fraction of sp³-hybridized carbons (Fsp3) is 0.0625. The largest absolute Gasteiger partial charge is 0.388 e. The van der Waals surface area contributed by atoms with Crippen molar-refractivity contribution in [3.8, 4) is 11.3 Å². The number of hydrogen-bond acceptors (Lipinski definition) is 3. The molecule has 0 radical (unpaired) electrons. The number of nitrogens with zero attached hydrogens (tertiary/aromatic N) is 2. The Morgan fingerprint density at radius 3 is 2.67 bits per heavy atom. The molecule has 5 heteroatoms. The van der Waals surface area contributed by atoms with E-state index >= 15 is 0 Å². The minimum absolute atomic E-state index is 0.